The lowest BCUT2D eigenvalue weighted by Gasteiger charge is -2.14. The number of nitrogens with one attached hydrogen (secondary N) is 4. The second-order valence-corrected chi connectivity index (χ2v) is 15.7. The smallest absolute Gasteiger partial charge is 0.296 e. The van der Waals surface area contributed by atoms with E-state index < -0.39 is 35.9 Å². The van der Waals surface area contributed by atoms with Crippen LogP contribution < -0.4 is 21.3 Å². The van der Waals surface area contributed by atoms with Crippen molar-refractivity contribution in [1.29, 1.82) is 0 Å². The Morgan fingerprint density at radius 2 is 1.45 bits per heavy atom. The zero-order chi connectivity index (χ0) is 38.5. The number of rotatable bonds is 13. The second-order valence-electron chi connectivity index (χ2n) is 10.8. The van der Waals surface area contributed by atoms with E-state index in [4.69, 9.17) is 11.6 Å². The second kappa shape index (κ2) is 16.6. The van der Waals surface area contributed by atoms with E-state index in [9.17, 15) is 35.5 Å². The molecule has 0 radical (unpaired) electrons. The molecule has 0 aliphatic rings. The summed E-state index contributed by atoms with van der Waals surface area (Å²) in [4.78, 5) is 35.7. The van der Waals surface area contributed by atoms with Crippen LogP contribution in [0.5, 0.6) is 0 Å². The van der Waals surface area contributed by atoms with Crippen molar-refractivity contribution in [2.75, 3.05) is 26.6 Å². The third-order valence-corrected chi connectivity index (χ3v) is 11.2. The summed E-state index contributed by atoms with van der Waals surface area (Å²) < 4.78 is 66.4. The van der Waals surface area contributed by atoms with E-state index in [-0.39, 0.29) is 57.2 Å². The zero-order valence-electron chi connectivity index (χ0n) is 27.0. The third-order valence-electron chi connectivity index (χ3n) is 7.01. The maximum absolute atomic E-state index is 12.4. The summed E-state index contributed by atoms with van der Waals surface area (Å²) in [5, 5.41) is 20.8. The maximum atomic E-state index is 12.4. The van der Waals surface area contributed by atoms with E-state index >= 15 is 0 Å². The highest BCUT2D eigenvalue weighted by molar-refractivity contribution is 9.12. The predicted molar refractivity (Wildman–Crippen MR) is 206 cm³/mol. The Balaban J connectivity index is 1.41. The quantitative estimate of drug-likeness (QED) is 0.0380. The first-order chi connectivity index (χ1) is 25.0. The van der Waals surface area contributed by atoms with Gasteiger partial charge in [-0.05, 0) is 83.0 Å². The fourth-order valence-electron chi connectivity index (χ4n) is 4.52. The van der Waals surface area contributed by atoms with E-state index in [2.05, 4.69) is 78.3 Å². The van der Waals surface area contributed by atoms with Gasteiger partial charge in [0, 0.05) is 23.1 Å². The number of fused-ring (bicyclic) bond motifs is 1. The fourth-order valence-corrected chi connectivity index (χ4v) is 6.23. The number of hydrogen-bond donors (Lipinski definition) is 6. The molecular weight excluding hydrogens is 886 g/mol. The number of hydrogen-bond acceptors (Lipinski definition) is 13. The maximum Gasteiger partial charge on any atom is 0.296 e. The van der Waals surface area contributed by atoms with Crippen molar-refractivity contribution in [3.63, 3.8) is 0 Å². The molecule has 2 amide bonds. The number of carbonyl (C=O) groups excluding carboxylic acids is 2. The molecule has 4 aromatic carbocycles. The van der Waals surface area contributed by atoms with Crippen molar-refractivity contribution < 1.29 is 35.5 Å². The van der Waals surface area contributed by atoms with Crippen LogP contribution >= 0.6 is 43.5 Å². The number of anilines is 6. The molecule has 1 unspecified atom stereocenters. The average molecular weight is 912 g/mol. The number of halogens is 3. The largest absolute Gasteiger partial charge is 0.325 e. The lowest BCUT2D eigenvalue weighted by atomic mass is 10.1. The van der Waals surface area contributed by atoms with Gasteiger partial charge in [0.2, 0.25) is 29.0 Å². The van der Waals surface area contributed by atoms with E-state index in [1.165, 1.54) is 36.4 Å². The van der Waals surface area contributed by atoms with Gasteiger partial charge in [-0.2, -0.15) is 36.9 Å². The van der Waals surface area contributed by atoms with Crippen LogP contribution in [0.4, 0.5) is 46.0 Å². The van der Waals surface area contributed by atoms with Crippen LogP contribution in [0.15, 0.2) is 92.8 Å². The van der Waals surface area contributed by atoms with Gasteiger partial charge in [0.1, 0.15) is 15.4 Å². The van der Waals surface area contributed by atoms with Crippen LogP contribution in [0.25, 0.3) is 10.8 Å². The van der Waals surface area contributed by atoms with Crippen molar-refractivity contribution >= 4 is 132 Å². The van der Waals surface area contributed by atoms with Crippen LogP contribution in [0.3, 0.4) is 0 Å². The van der Waals surface area contributed by atoms with E-state index in [1.54, 1.807) is 37.3 Å². The van der Waals surface area contributed by atoms with Gasteiger partial charge in [-0.1, -0.05) is 50.9 Å². The summed E-state index contributed by atoms with van der Waals surface area (Å²) in [6.45, 7) is 1.67. The summed E-state index contributed by atoms with van der Waals surface area (Å²) in [6.07, 6.45) is 0.159. The molecule has 0 fully saturated rings. The van der Waals surface area contributed by atoms with Gasteiger partial charge < -0.3 is 21.3 Å². The molecule has 0 spiro atoms. The molecule has 53 heavy (non-hydrogen) atoms. The van der Waals surface area contributed by atoms with Gasteiger partial charge in [-0.15, -0.1) is 5.11 Å². The van der Waals surface area contributed by atoms with Crippen LogP contribution in [-0.2, 0) is 29.8 Å². The van der Waals surface area contributed by atoms with Gasteiger partial charge in [0.05, 0.1) is 22.0 Å². The molecule has 22 heteroatoms. The molecule has 0 aliphatic heterocycles. The molecule has 0 saturated heterocycles. The van der Waals surface area contributed by atoms with E-state index in [0.717, 1.165) is 6.07 Å². The number of aromatic nitrogens is 3. The number of amides is 2. The monoisotopic (exact) mass is 909 g/mol. The van der Waals surface area contributed by atoms with Gasteiger partial charge in [0.15, 0.2) is 0 Å². The third kappa shape index (κ3) is 10.5. The summed E-state index contributed by atoms with van der Waals surface area (Å²) in [5.74, 6) is -1.06. The lowest BCUT2D eigenvalue weighted by molar-refractivity contribution is -0.116. The number of carbonyl (C=O) groups is 2. The molecule has 0 bridgehead atoms. The molecule has 5 rings (SSSR count). The number of azo groups is 1. The van der Waals surface area contributed by atoms with Crippen molar-refractivity contribution in [3.8, 4) is 0 Å². The minimum absolute atomic E-state index is 0.0970. The molecule has 1 heterocycles. The molecular formula is C31H26Br2ClN9O8S2. The Bertz CT molecular complexity index is 2490. The average Bonchev–Trinajstić information content (AvgIpc) is 3.09. The Morgan fingerprint density at radius 3 is 2.13 bits per heavy atom. The Hall–Kier alpha value is -4.64. The van der Waals surface area contributed by atoms with E-state index in [0.29, 0.717) is 27.5 Å². The summed E-state index contributed by atoms with van der Waals surface area (Å²) >= 11 is 12.6. The summed E-state index contributed by atoms with van der Waals surface area (Å²) in [6, 6.07) is 17.3. The minimum Gasteiger partial charge on any atom is -0.325 e. The molecule has 0 aliphatic carbocycles. The van der Waals surface area contributed by atoms with Crippen LogP contribution in [-0.4, -0.2) is 62.9 Å². The first-order valence-electron chi connectivity index (χ1n) is 15.0. The SMILES string of the molecule is CCC(=O)Nc1cc(Nc2nc(Cl)nc(Nc3cc(NC(=O)C(Br)CBr)ccc3S(=O)(=O)O)n2)ccc1N=Nc1ccc2cc(S(=O)(=O)O)ccc2c1. The standard InChI is InChI=1S/C31H26Br2ClN9O8S2/c1-2-27(44)37-24-13-19(6-9-23(24)43-42-20-5-3-17-12-21(52(46,47)48)8-4-16(17)11-20)36-30-39-29(34)40-31(41-30)38-25-14-18(35-28(45)22(33)15-32)7-10-26(25)53(49,50)51/h3-14,22H,2,15H2,1H3,(H,35,45)(H,37,44)(H,46,47,48)(H,49,50,51)(H2,36,38,39,40,41). The van der Waals surface area contributed by atoms with Crippen LogP contribution in [0.2, 0.25) is 5.28 Å². The molecule has 276 valence electrons. The summed E-state index contributed by atoms with van der Waals surface area (Å²) in [7, 11) is -9.11. The summed E-state index contributed by atoms with van der Waals surface area (Å²) in [5.41, 5.74) is 1.35. The van der Waals surface area contributed by atoms with E-state index in [1.807, 2.05) is 0 Å². The molecule has 5 aromatic rings. The molecule has 0 saturated carbocycles. The molecule has 1 aromatic heterocycles. The predicted octanol–water partition coefficient (Wildman–Crippen LogP) is 7.52. The van der Waals surface area contributed by atoms with Crippen molar-refractivity contribution in [3.05, 3.63) is 78.1 Å². The van der Waals surface area contributed by atoms with Gasteiger partial charge in [-0.25, -0.2) is 0 Å². The lowest BCUT2D eigenvalue weighted by Crippen LogP contribution is -2.23. The number of alkyl halides is 2. The first-order valence-corrected chi connectivity index (χ1v) is 20.3. The highest BCUT2D eigenvalue weighted by Crippen LogP contribution is 2.33. The topological polar surface area (TPSA) is 254 Å². The minimum atomic E-state index is -4.74. The van der Waals surface area contributed by atoms with Crippen molar-refractivity contribution in [2.24, 2.45) is 10.2 Å². The first kappa shape index (κ1) is 39.6. The van der Waals surface area contributed by atoms with Crippen LogP contribution in [0.1, 0.15) is 13.3 Å². The Morgan fingerprint density at radius 1 is 0.792 bits per heavy atom. The molecule has 17 nitrogen and oxygen atoms in total. The van der Waals surface area contributed by atoms with Crippen molar-refractivity contribution in [1.82, 2.24) is 15.0 Å². The normalized spacial score (nSPS) is 12.4. The van der Waals surface area contributed by atoms with Gasteiger partial charge in [-0.3, -0.25) is 18.7 Å². The highest BCUT2D eigenvalue weighted by atomic mass is 79.9. The van der Waals surface area contributed by atoms with Gasteiger partial charge in [0.25, 0.3) is 20.2 Å². The number of nitrogens with zero attached hydrogens (tertiary/aromatic N) is 5. The van der Waals surface area contributed by atoms with Crippen LogP contribution in [0, 0.1) is 0 Å². The highest BCUT2D eigenvalue weighted by Gasteiger charge is 2.20. The Labute approximate surface area is 323 Å². The van der Waals surface area contributed by atoms with Gasteiger partial charge >= 0.3 is 0 Å². The Kier molecular flexibility index (Phi) is 12.4. The fraction of sp³-hybridized carbons (Fsp3) is 0.129. The zero-order valence-corrected chi connectivity index (χ0v) is 32.5. The molecule has 6 N–H and O–H groups in total. The van der Waals surface area contributed by atoms with Crippen molar-refractivity contribution in [2.45, 2.75) is 28.0 Å². The molecule has 1 atom stereocenters. The number of benzene rings is 4.